The molecule has 5 atom stereocenters. The maximum absolute atomic E-state index is 12.2. The summed E-state index contributed by atoms with van der Waals surface area (Å²) in [6.07, 6.45) is -7.23. The third-order valence-corrected chi connectivity index (χ3v) is 5.30. The van der Waals surface area contributed by atoms with Crippen LogP contribution in [0.4, 0.5) is 0 Å². The highest BCUT2D eigenvalue weighted by Gasteiger charge is 2.45. The fourth-order valence-electron chi connectivity index (χ4n) is 3.36. The first-order chi connectivity index (χ1) is 16.8. The first-order valence-electron chi connectivity index (χ1n) is 10.7. The Balaban J connectivity index is 1.36. The van der Waals surface area contributed by atoms with E-state index in [9.17, 15) is 30.3 Å². The van der Waals surface area contributed by atoms with E-state index in [0.29, 0.717) is 11.5 Å². The number of hydrogen-bond acceptors (Lipinski definition) is 10. The van der Waals surface area contributed by atoms with E-state index >= 15 is 0 Å². The SMILES string of the molecule is O=C(OC[C@H]1O[C@@H](Oc2ccc(Oc3ccc(O)cc3)cc2)[C@H](O)[C@@H](O)[C@@H]1O)c1ccc(O)cc1. The van der Waals surface area contributed by atoms with E-state index in [2.05, 4.69) is 0 Å². The predicted molar refractivity (Wildman–Crippen MR) is 120 cm³/mol. The second kappa shape index (κ2) is 10.6. The zero-order chi connectivity index (χ0) is 24.9. The number of benzene rings is 3. The van der Waals surface area contributed by atoms with Crippen molar-refractivity contribution in [2.75, 3.05) is 6.61 Å². The van der Waals surface area contributed by atoms with Crippen molar-refractivity contribution in [3.63, 3.8) is 0 Å². The van der Waals surface area contributed by atoms with Crippen LogP contribution in [0.1, 0.15) is 10.4 Å². The number of phenolic OH excluding ortho intramolecular Hbond substituents is 2. The molecule has 10 heteroatoms. The van der Waals surface area contributed by atoms with Gasteiger partial charge in [0.05, 0.1) is 5.56 Å². The molecule has 3 aromatic carbocycles. The number of phenols is 2. The number of hydrogen-bond donors (Lipinski definition) is 5. The number of rotatable bonds is 7. The lowest BCUT2D eigenvalue weighted by Gasteiger charge is -2.39. The minimum absolute atomic E-state index is 0.00960. The van der Waals surface area contributed by atoms with Crippen LogP contribution in [-0.4, -0.2) is 68.8 Å². The minimum Gasteiger partial charge on any atom is -0.508 e. The fourth-order valence-corrected chi connectivity index (χ4v) is 3.36. The van der Waals surface area contributed by atoms with Crippen molar-refractivity contribution in [1.29, 1.82) is 0 Å². The van der Waals surface area contributed by atoms with E-state index in [4.69, 9.17) is 18.9 Å². The van der Waals surface area contributed by atoms with Crippen molar-refractivity contribution in [2.24, 2.45) is 0 Å². The Morgan fingerprint density at radius 3 is 1.83 bits per heavy atom. The summed E-state index contributed by atoms with van der Waals surface area (Å²) in [5.41, 5.74) is 0.177. The molecule has 0 spiro atoms. The standard InChI is InChI=1S/C25H24O10/c26-15-3-1-14(2-4-15)24(31)32-13-20-21(28)22(29)23(30)25(35-20)34-19-11-9-18(10-12-19)33-17-7-5-16(27)6-8-17/h1-12,20-23,25-30H,13H2/t20-,21-,22+,23-,25-/m1/s1. The molecular formula is C25H24O10. The lowest BCUT2D eigenvalue weighted by molar-refractivity contribution is -0.277. The van der Waals surface area contributed by atoms with E-state index < -0.39 is 43.3 Å². The highest BCUT2D eigenvalue weighted by Crippen LogP contribution is 2.28. The summed E-state index contributed by atoms with van der Waals surface area (Å²) >= 11 is 0. The van der Waals surface area contributed by atoms with Gasteiger partial charge in [0, 0.05) is 0 Å². The van der Waals surface area contributed by atoms with Crippen molar-refractivity contribution in [2.45, 2.75) is 30.7 Å². The Labute approximate surface area is 200 Å². The predicted octanol–water partition coefficient (Wildman–Crippen LogP) is 1.93. The largest absolute Gasteiger partial charge is 0.508 e. The van der Waals surface area contributed by atoms with Crippen LogP contribution in [0.15, 0.2) is 72.8 Å². The van der Waals surface area contributed by atoms with Gasteiger partial charge in [-0.2, -0.15) is 0 Å². The van der Waals surface area contributed by atoms with Gasteiger partial charge in [-0.1, -0.05) is 0 Å². The van der Waals surface area contributed by atoms with Crippen molar-refractivity contribution in [3.05, 3.63) is 78.4 Å². The van der Waals surface area contributed by atoms with Gasteiger partial charge in [-0.25, -0.2) is 4.79 Å². The van der Waals surface area contributed by atoms with E-state index in [1.54, 1.807) is 36.4 Å². The van der Waals surface area contributed by atoms with Crippen LogP contribution in [-0.2, 0) is 9.47 Å². The summed E-state index contributed by atoms with van der Waals surface area (Å²) < 4.78 is 22.0. The highest BCUT2D eigenvalue weighted by atomic mass is 16.7. The molecule has 0 saturated carbocycles. The first kappa shape index (κ1) is 24.3. The number of ether oxygens (including phenoxy) is 4. The van der Waals surface area contributed by atoms with Crippen LogP contribution in [0, 0.1) is 0 Å². The molecule has 0 bridgehead atoms. The van der Waals surface area contributed by atoms with Crippen molar-refractivity contribution in [3.8, 4) is 28.7 Å². The summed E-state index contributed by atoms with van der Waals surface area (Å²) in [4.78, 5) is 12.2. The van der Waals surface area contributed by atoms with Gasteiger partial charge in [-0.15, -0.1) is 0 Å². The highest BCUT2D eigenvalue weighted by molar-refractivity contribution is 5.89. The molecular weight excluding hydrogens is 460 g/mol. The van der Waals surface area contributed by atoms with Gasteiger partial charge < -0.3 is 44.5 Å². The Morgan fingerprint density at radius 1 is 0.714 bits per heavy atom. The molecule has 1 aliphatic heterocycles. The van der Waals surface area contributed by atoms with Gasteiger partial charge in [0.15, 0.2) is 0 Å². The van der Waals surface area contributed by atoms with E-state index in [1.165, 1.54) is 36.4 Å². The van der Waals surface area contributed by atoms with Gasteiger partial charge in [0.2, 0.25) is 6.29 Å². The molecule has 1 heterocycles. The average Bonchev–Trinajstić information content (AvgIpc) is 2.86. The molecule has 35 heavy (non-hydrogen) atoms. The number of carbonyl (C=O) groups is 1. The molecule has 3 aromatic rings. The lowest BCUT2D eigenvalue weighted by Crippen LogP contribution is -2.60. The first-order valence-corrected chi connectivity index (χ1v) is 10.7. The number of carbonyl (C=O) groups excluding carboxylic acids is 1. The average molecular weight is 484 g/mol. The zero-order valence-electron chi connectivity index (χ0n) is 18.3. The summed E-state index contributed by atoms with van der Waals surface area (Å²) in [5, 5.41) is 49.5. The van der Waals surface area contributed by atoms with E-state index in [1.807, 2.05) is 0 Å². The number of aromatic hydroxyl groups is 2. The Bertz CT molecular complexity index is 1110. The van der Waals surface area contributed by atoms with Crippen molar-refractivity contribution in [1.82, 2.24) is 0 Å². The lowest BCUT2D eigenvalue weighted by atomic mass is 9.99. The molecule has 1 saturated heterocycles. The van der Waals surface area contributed by atoms with Crippen LogP contribution >= 0.6 is 0 Å². The van der Waals surface area contributed by atoms with Crippen LogP contribution in [0.2, 0.25) is 0 Å². The van der Waals surface area contributed by atoms with Crippen LogP contribution in [0.25, 0.3) is 0 Å². The van der Waals surface area contributed by atoms with Crippen LogP contribution in [0.3, 0.4) is 0 Å². The van der Waals surface area contributed by atoms with Crippen molar-refractivity contribution >= 4 is 5.97 Å². The summed E-state index contributed by atoms with van der Waals surface area (Å²) in [7, 11) is 0. The number of aliphatic hydroxyl groups excluding tert-OH is 3. The van der Waals surface area contributed by atoms with E-state index in [0.717, 1.165) is 0 Å². The second-order valence-corrected chi connectivity index (χ2v) is 7.85. The smallest absolute Gasteiger partial charge is 0.338 e. The summed E-state index contributed by atoms with van der Waals surface area (Å²) in [5.74, 6) is 0.683. The third kappa shape index (κ3) is 6.00. The maximum Gasteiger partial charge on any atom is 0.338 e. The Morgan fingerprint density at radius 2 is 1.23 bits per heavy atom. The number of aliphatic hydroxyl groups is 3. The summed E-state index contributed by atoms with van der Waals surface area (Å²) in [6.45, 7) is -0.413. The molecule has 0 aliphatic carbocycles. The molecule has 0 amide bonds. The third-order valence-electron chi connectivity index (χ3n) is 5.30. The summed E-state index contributed by atoms with van der Waals surface area (Å²) in [6, 6.07) is 17.9. The van der Waals surface area contributed by atoms with Gasteiger partial charge >= 0.3 is 5.97 Å². The molecule has 1 fully saturated rings. The van der Waals surface area contributed by atoms with Gasteiger partial charge in [-0.3, -0.25) is 0 Å². The Kier molecular flexibility index (Phi) is 7.37. The molecule has 0 aromatic heterocycles. The number of esters is 1. The molecule has 1 aliphatic rings. The Hall–Kier alpha value is -3.83. The molecule has 10 nitrogen and oxygen atoms in total. The molecule has 4 rings (SSSR count). The monoisotopic (exact) mass is 484 g/mol. The minimum atomic E-state index is -1.61. The fraction of sp³-hybridized carbons (Fsp3) is 0.240. The van der Waals surface area contributed by atoms with Crippen LogP contribution < -0.4 is 9.47 Å². The zero-order valence-corrected chi connectivity index (χ0v) is 18.3. The quantitative estimate of drug-likeness (QED) is 0.314. The van der Waals surface area contributed by atoms with Crippen LogP contribution in [0.5, 0.6) is 28.7 Å². The molecule has 184 valence electrons. The van der Waals surface area contributed by atoms with Gasteiger partial charge in [0.25, 0.3) is 0 Å². The van der Waals surface area contributed by atoms with Gasteiger partial charge in [0.1, 0.15) is 59.8 Å². The molecule has 5 N–H and O–H groups in total. The van der Waals surface area contributed by atoms with Gasteiger partial charge in [-0.05, 0) is 72.8 Å². The normalized spacial score (nSPS) is 23.9. The second-order valence-electron chi connectivity index (χ2n) is 7.85. The molecule has 0 radical (unpaired) electrons. The molecule has 0 unspecified atom stereocenters. The topological polar surface area (TPSA) is 155 Å². The maximum atomic E-state index is 12.2. The van der Waals surface area contributed by atoms with Crippen molar-refractivity contribution < 1.29 is 49.3 Å². The van der Waals surface area contributed by atoms with E-state index in [-0.39, 0.29) is 22.8 Å².